The molecule has 3 aromatic carbocycles. The Kier molecular flexibility index (Phi) is 7.53. The van der Waals surface area contributed by atoms with Crippen LogP contribution in [0.5, 0.6) is 11.5 Å². The number of ether oxygens (including phenoxy) is 2. The minimum Gasteiger partial charge on any atom is -0.490 e. The van der Waals surface area contributed by atoms with Crippen LogP contribution in [-0.4, -0.2) is 6.61 Å². The minimum absolute atomic E-state index is 0.258. The standard InChI is InChI=1S/C24H25BrFNO2/c1-3-17-7-11-21(12-8-17)27-15-19-13-22(25)24(23(14-19)28-4-2)29-16-18-5-9-20(26)10-6-18/h5-14,27H,3-4,15-16H2,1-2H3. The summed E-state index contributed by atoms with van der Waals surface area (Å²) in [6.45, 7) is 5.63. The summed E-state index contributed by atoms with van der Waals surface area (Å²) < 4.78 is 25.7. The van der Waals surface area contributed by atoms with Gasteiger partial charge in [-0.05, 0) is 82.4 Å². The first-order valence-electron chi connectivity index (χ1n) is 9.74. The maximum Gasteiger partial charge on any atom is 0.175 e. The van der Waals surface area contributed by atoms with Gasteiger partial charge in [0, 0.05) is 12.2 Å². The number of hydrogen-bond donors (Lipinski definition) is 1. The van der Waals surface area contributed by atoms with Crippen molar-refractivity contribution in [3.63, 3.8) is 0 Å². The highest BCUT2D eigenvalue weighted by atomic mass is 79.9. The highest BCUT2D eigenvalue weighted by Gasteiger charge is 2.13. The largest absolute Gasteiger partial charge is 0.490 e. The highest BCUT2D eigenvalue weighted by molar-refractivity contribution is 9.10. The molecule has 0 amide bonds. The molecule has 0 unspecified atom stereocenters. The van der Waals surface area contributed by atoms with Crippen LogP contribution in [0.3, 0.4) is 0 Å². The molecule has 3 nitrogen and oxygen atoms in total. The van der Waals surface area contributed by atoms with Crippen LogP contribution in [0.4, 0.5) is 10.1 Å². The molecule has 0 bridgehead atoms. The van der Waals surface area contributed by atoms with Crippen LogP contribution >= 0.6 is 15.9 Å². The van der Waals surface area contributed by atoms with Gasteiger partial charge in [0.1, 0.15) is 12.4 Å². The summed E-state index contributed by atoms with van der Waals surface area (Å²) in [4.78, 5) is 0. The summed E-state index contributed by atoms with van der Waals surface area (Å²) in [5, 5.41) is 3.44. The van der Waals surface area contributed by atoms with E-state index in [0.29, 0.717) is 31.3 Å². The number of halogens is 2. The lowest BCUT2D eigenvalue weighted by atomic mass is 10.1. The molecule has 0 saturated heterocycles. The summed E-state index contributed by atoms with van der Waals surface area (Å²) in [5.41, 5.74) is 4.36. The Labute approximate surface area is 180 Å². The predicted octanol–water partition coefficient (Wildman–Crippen LogP) is 6.74. The van der Waals surface area contributed by atoms with Crippen LogP contribution in [0.2, 0.25) is 0 Å². The molecule has 0 heterocycles. The van der Waals surface area contributed by atoms with Crippen LogP contribution in [0.25, 0.3) is 0 Å². The molecule has 1 N–H and O–H groups in total. The third-order valence-corrected chi connectivity index (χ3v) is 5.11. The van der Waals surface area contributed by atoms with E-state index in [9.17, 15) is 4.39 Å². The van der Waals surface area contributed by atoms with E-state index in [0.717, 1.165) is 27.7 Å². The Balaban J connectivity index is 1.71. The van der Waals surface area contributed by atoms with Crippen molar-refractivity contribution in [1.29, 1.82) is 0 Å². The van der Waals surface area contributed by atoms with Gasteiger partial charge < -0.3 is 14.8 Å². The molecule has 0 fully saturated rings. The molecular weight excluding hydrogens is 433 g/mol. The molecule has 0 atom stereocenters. The normalized spacial score (nSPS) is 10.6. The van der Waals surface area contributed by atoms with Gasteiger partial charge in [-0.25, -0.2) is 4.39 Å². The lowest BCUT2D eigenvalue weighted by Crippen LogP contribution is -2.04. The molecule has 0 aromatic heterocycles. The lowest BCUT2D eigenvalue weighted by Gasteiger charge is -2.16. The van der Waals surface area contributed by atoms with E-state index >= 15 is 0 Å². The van der Waals surface area contributed by atoms with Crippen molar-refractivity contribution in [3.8, 4) is 11.5 Å². The number of hydrogen-bond acceptors (Lipinski definition) is 3. The quantitative estimate of drug-likeness (QED) is 0.385. The topological polar surface area (TPSA) is 30.5 Å². The summed E-state index contributed by atoms with van der Waals surface area (Å²) in [6.07, 6.45) is 1.03. The van der Waals surface area contributed by atoms with Crippen molar-refractivity contribution in [1.82, 2.24) is 0 Å². The first kappa shape index (κ1) is 21.2. The lowest BCUT2D eigenvalue weighted by molar-refractivity contribution is 0.267. The van der Waals surface area contributed by atoms with Gasteiger partial charge in [0.25, 0.3) is 0 Å². The highest BCUT2D eigenvalue weighted by Crippen LogP contribution is 2.37. The Morgan fingerprint density at radius 3 is 2.21 bits per heavy atom. The van der Waals surface area contributed by atoms with E-state index in [1.54, 1.807) is 12.1 Å². The van der Waals surface area contributed by atoms with E-state index in [4.69, 9.17) is 9.47 Å². The minimum atomic E-state index is -0.258. The van der Waals surface area contributed by atoms with Crippen LogP contribution in [0.1, 0.15) is 30.5 Å². The maximum absolute atomic E-state index is 13.1. The van der Waals surface area contributed by atoms with Gasteiger partial charge in [-0.15, -0.1) is 0 Å². The van der Waals surface area contributed by atoms with E-state index < -0.39 is 0 Å². The van der Waals surface area contributed by atoms with Gasteiger partial charge in [0.15, 0.2) is 11.5 Å². The molecule has 29 heavy (non-hydrogen) atoms. The van der Waals surface area contributed by atoms with Gasteiger partial charge in [-0.2, -0.15) is 0 Å². The Bertz CT molecular complexity index is 927. The van der Waals surface area contributed by atoms with Crippen LogP contribution in [0, 0.1) is 5.82 Å². The van der Waals surface area contributed by atoms with Gasteiger partial charge in [0.05, 0.1) is 11.1 Å². The van der Waals surface area contributed by atoms with Crippen LogP contribution < -0.4 is 14.8 Å². The number of aryl methyl sites for hydroxylation is 1. The smallest absolute Gasteiger partial charge is 0.175 e. The second kappa shape index (κ2) is 10.3. The Hall–Kier alpha value is -2.53. The molecule has 0 radical (unpaired) electrons. The second-order valence-electron chi connectivity index (χ2n) is 6.66. The van der Waals surface area contributed by atoms with Crippen molar-refractivity contribution < 1.29 is 13.9 Å². The van der Waals surface area contributed by atoms with E-state index in [1.807, 2.05) is 19.1 Å². The molecule has 0 aliphatic carbocycles. The predicted molar refractivity (Wildman–Crippen MR) is 119 cm³/mol. The fourth-order valence-electron chi connectivity index (χ4n) is 2.93. The molecule has 152 valence electrons. The van der Waals surface area contributed by atoms with Gasteiger partial charge in [-0.3, -0.25) is 0 Å². The molecule has 0 aliphatic rings. The average Bonchev–Trinajstić information content (AvgIpc) is 2.73. The molecule has 5 heteroatoms. The maximum atomic E-state index is 13.1. The zero-order chi connectivity index (χ0) is 20.6. The third kappa shape index (κ3) is 5.97. The summed E-state index contributed by atoms with van der Waals surface area (Å²) in [7, 11) is 0. The Morgan fingerprint density at radius 1 is 0.862 bits per heavy atom. The molecule has 0 aliphatic heterocycles. The van der Waals surface area contributed by atoms with Crippen LogP contribution in [0.15, 0.2) is 65.1 Å². The third-order valence-electron chi connectivity index (χ3n) is 4.52. The van der Waals surface area contributed by atoms with E-state index in [2.05, 4.69) is 52.4 Å². The monoisotopic (exact) mass is 457 g/mol. The number of benzene rings is 3. The second-order valence-corrected chi connectivity index (χ2v) is 7.51. The van der Waals surface area contributed by atoms with Crippen LogP contribution in [-0.2, 0) is 19.6 Å². The van der Waals surface area contributed by atoms with Gasteiger partial charge >= 0.3 is 0 Å². The number of nitrogens with one attached hydrogen (secondary N) is 1. The Morgan fingerprint density at radius 2 is 1.55 bits per heavy atom. The summed E-state index contributed by atoms with van der Waals surface area (Å²) in [6, 6.07) is 18.8. The van der Waals surface area contributed by atoms with Gasteiger partial charge in [0.2, 0.25) is 0 Å². The summed E-state index contributed by atoms with van der Waals surface area (Å²) >= 11 is 3.61. The average molecular weight is 458 g/mol. The molecule has 3 aromatic rings. The van der Waals surface area contributed by atoms with E-state index in [-0.39, 0.29) is 5.82 Å². The molecule has 3 rings (SSSR count). The van der Waals surface area contributed by atoms with Crippen molar-refractivity contribution >= 4 is 21.6 Å². The van der Waals surface area contributed by atoms with Crippen molar-refractivity contribution in [2.75, 3.05) is 11.9 Å². The van der Waals surface area contributed by atoms with Gasteiger partial charge in [-0.1, -0.05) is 31.2 Å². The fourth-order valence-corrected chi connectivity index (χ4v) is 3.53. The van der Waals surface area contributed by atoms with E-state index in [1.165, 1.54) is 17.7 Å². The zero-order valence-electron chi connectivity index (χ0n) is 16.7. The molecular formula is C24H25BrFNO2. The number of rotatable bonds is 9. The zero-order valence-corrected chi connectivity index (χ0v) is 18.3. The van der Waals surface area contributed by atoms with Crippen molar-refractivity contribution in [2.24, 2.45) is 0 Å². The molecule has 0 spiro atoms. The summed E-state index contributed by atoms with van der Waals surface area (Å²) in [5.74, 6) is 1.07. The first-order chi connectivity index (χ1) is 14.1. The van der Waals surface area contributed by atoms with Crippen molar-refractivity contribution in [3.05, 3.63) is 87.6 Å². The molecule has 0 saturated carbocycles. The first-order valence-corrected chi connectivity index (χ1v) is 10.5. The SMILES string of the molecule is CCOc1cc(CNc2ccc(CC)cc2)cc(Br)c1OCc1ccc(F)cc1. The fraction of sp³-hybridized carbons (Fsp3) is 0.250. The van der Waals surface area contributed by atoms with Crippen molar-refractivity contribution in [2.45, 2.75) is 33.4 Å². The number of anilines is 1.